The molecule has 0 aliphatic heterocycles. The SMILES string of the molecule is O=C(CCCCO)NCc1cccc(CO)c1. The van der Waals surface area contributed by atoms with Crippen LogP contribution in [0.2, 0.25) is 0 Å². The van der Waals surface area contributed by atoms with Gasteiger partial charge in [0.05, 0.1) is 6.61 Å². The van der Waals surface area contributed by atoms with Gasteiger partial charge in [-0.1, -0.05) is 24.3 Å². The largest absolute Gasteiger partial charge is 0.396 e. The first-order valence-electron chi connectivity index (χ1n) is 5.82. The molecule has 0 heterocycles. The van der Waals surface area contributed by atoms with Gasteiger partial charge in [-0.25, -0.2) is 0 Å². The standard InChI is InChI=1S/C13H19NO3/c15-7-2-1-6-13(17)14-9-11-4-3-5-12(8-11)10-16/h3-5,8,15-16H,1-2,6-7,9-10H2,(H,14,17). The average molecular weight is 237 g/mol. The van der Waals surface area contributed by atoms with E-state index < -0.39 is 0 Å². The van der Waals surface area contributed by atoms with Crippen LogP contribution >= 0.6 is 0 Å². The summed E-state index contributed by atoms with van der Waals surface area (Å²) in [6.45, 7) is 0.621. The van der Waals surface area contributed by atoms with Crippen LogP contribution in [0.25, 0.3) is 0 Å². The molecule has 4 nitrogen and oxygen atoms in total. The number of nitrogens with one attached hydrogen (secondary N) is 1. The first-order chi connectivity index (χ1) is 8.26. The van der Waals surface area contributed by atoms with Crippen molar-refractivity contribution in [3.8, 4) is 0 Å². The van der Waals surface area contributed by atoms with E-state index in [2.05, 4.69) is 5.32 Å². The summed E-state index contributed by atoms with van der Waals surface area (Å²) in [6.07, 6.45) is 1.81. The first kappa shape index (κ1) is 13.7. The van der Waals surface area contributed by atoms with Crippen LogP contribution < -0.4 is 5.32 Å². The molecule has 4 heteroatoms. The van der Waals surface area contributed by atoms with Crippen molar-refractivity contribution in [2.45, 2.75) is 32.4 Å². The van der Waals surface area contributed by atoms with E-state index in [1.807, 2.05) is 24.3 Å². The molecule has 0 radical (unpaired) electrons. The second-order valence-corrected chi connectivity index (χ2v) is 3.94. The Hall–Kier alpha value is -1.39. The molecule has 0 saturated heterocycles. The Balaban J connectivity index is 2.31. The van der Waals surface area contributed by atoms with Crippen LogP contribution in [-0.4, -0.2) is 22.7 Å². The molecule has 94 valence electrons. The van der Waals surface area contributed by atoms with E-state index in [-0.39, 0.29) is 19.1 Å². The minimum Gasteiger partial charge on any atom is -0.396 e. The van der Waals surface area contributed by atoms with E-state index in [4.69, 9.17) is 10.2 Å². The van der Waals surface area contributed by atoms with E-state index in [0.29, 0.717) is 25.8 Å². The molecule has 0 bridgehead atoms. The molecular weight excluding hydrogens is 218 g/mol. The summed E-state index contributed by atoms with van der Waals surface area (Å²) >= 11 is 0. The quantitative estimate of drug-likeness (QED) is 0.619. The third-order valence-corrected chi connectivity index (χ3v) is 2.48. The highest BCUT2D eigenvalue weighted by molar-refractivity contribution is 5.75. The van der Waals surface area contributed by atoms with Crippen molar-refractivity contribution in [1.29, 1.82) is 0 Å². The van der Waals surface area contributed by atoms with Gasteiger partial charge in [-0.3, -0.25) is 4.79 Å². The molecule has 1 amide bonds. The average Bonchev–Trinajstić information content (AvgIpc) is 2.37. The van der Waals surface area contributed by atoms with E-state index >= 15 is 0 Å². The number of aliphatic hydroxyl groups is 2. The molecule has 1 aromatic rings. The van der Waals surface area contributed by atoms with Crippen LogP contribution in [0.1, 0.15) is 30.4 Å². The zero-order chi connectivity index (χ0) is 12.5. The Labute approximate surface area is 101 Å². The zero-order valence-corrected chi connectivity index (χ0v) is 9.85. The van der Waals surface area contributed by atoms with Gasteiger partial charge in [0, 0.05) is 19.6 Å². The molecule has 0 saturated carbocycles. The van der Waals surface area contributed by atoms with Gasteiger partial charge in [-0.05, 0) is 24.0 Å². The number of unbranched alkanes of at least 4 members (excludes halogenated alkanes) is 1. The number of carbonyl (C=O) groups excluding carboxylic acids is 1. The third-order valence-electron chi connectivity index (χ3n) is 2.48. The van der Waals surface area contributed by atoms with E-state index in [1.165, 1.54) is 0 Å². The van der Waals surface area contributed by atoms with E-state index in [9.17, 15) is 4.79 Å². The lowest BCUT2D eigenvalue weighted by molar-refractivity contribution is -0.121. The molecule has 0 spiro atoms. The smallest absolute Gasteiger partial charge is 0.220 e. The zero-order valence-electron chi connectivity index (χ0n) is 9.85. The van der Waals surface area contributed by atoms with Crippen LogP contribution in [0.15, 0.2) is 24.3 Å². The Morgan fingerprint density at radius 2 is 1.94 bits per heavy atom. The maximum Gasteiger partial charge on any atom is 0.220 e. The Kier molecular flexibility index (Phi) is 6.29. The molecule has 3 N–H and O–H groups in total. The summed E-state index contributed by atoms with van der Waals surface area (Å²) in [5.41, 5.74) is 1.82. The van der Waals surface area contributed by atoms with Gasteiger partial charge >= 0.3 is 0 Å². The number of hydrogen-bond donors (Lipinski definition) is 3. The second kappa shape index (κ2) is 7.81. The fraction of sp³-hybridized carbons (Fsp3) is 0.462. The van der Waals surface area contributed by atoms with Gasteiger partial charge in [0.2, 0.25) is 5.91 Å². The lowest BCUT2D eigenvalue weighted by Crippen LogP contribution is -2.22. The Morgan fingerprint density at radius 1 is 1.18 bits per heavy atom. The number of hydrogen-bond acceptors (Lipinski definition) is 3. The van der Waals surface area contributed by atoms with Crippen molar-refractivity contribution in [2.75, 3.05) is 6.61 Å². The predicted octanol–water partition coefficient (Wildman–Crippen LogP) is 0.958. The summed E-state index contributed by atoms with van der Waals surface area (Å²) in [6, 6.07) is 7.48. The lowest BCUT2D eigenvalue weighted by Gasteiger charge is -2.06. The highest BCUT2D eigenvalue weighted by Crippen LogP contribution is 2.05. The Morgan fingerprint density at radius 3 is 2.65 bits per heavy atom. The normalized spacial score (nSPS) is 10.2. The van der Waals surface area contributed by atoms with Crippen molar-refractivity contribution in [2.24, 2.45) is 0 Å². The predicted molar refractivity (Wildman–Crippen MR) is 65.1 cm³/mol. The van der Waals surface area contributed by atoms with Gasteiger partial charge in [0.25, 0.3) is 0 Å². The van der Waals surface area contributed by atoms with Crippen molar-refractivity contribution in [3.63, 3.8) is 0 Å². The molecule has 0 fully saturated rings. The fourth-order valence-corrected chi connectivity index (χ4v) is 1.52. The van der Waals surface area contributed by atoms with Gasteiger partial charge in [-0.15, -0.1) is 0 Å². The summed E-state index contributed by atoms with van der Waals surface area (Å²) in [5, 5.41) is 20.4. The van der Waals surface area contributed by atoms with E-state index in [0.717, 1.165) is 11.1 Å². The summed E-state index contributed by atoms with van der Waals surface area (Å²) in [7, 11) is 0. The molecule has 0 unspecified atom stereocenters. The molecule has 0 aliphatic rings. The summed E-state index contributed by atoms with van der Waals surface area (Å²) in [5.74, 6) is -0.00662. The monoisotopic (exact) mass is 237 g/mol. The van der Waals surface area contributed by atoms with Crippen LogP contribution in [-0.2, 0) is 17.9 Å². The fourth-order valence-electron chi connectivity index (χ4n) is 1.52. The molecule has 0 atom stereocenters. The molecule has 0 aromatic heterocycles. The van der Waals surface area contributed by atoms with E-state index in [1.54, 1.807) is 0 Å². The number of aliphatic hydroxyl groups excluding tert-OH is 2. The maximum atomic E-state index is 11.4. The van der Waals surface area contributed by atoms with Crippen LogP contribution in [0.3, 0.4) is 0 Å². The summed E-state index contributed by atoms with van der Waals surface area (Å²) in [4.78, 5) is 11.4. The van der Waals surface area contributed by atoms with Gasteiger partial charge in [-0.2, -0.15) is 0 Å². The number of carbonyl (C=O) groups is 1. The van der Waals surface area contributed by atoms with Crippen molar-refractivity contribution < 1.29 is 15.0 Å². The van der Waals surface area contributed by atoms with Crippen LogP contribution in [0, 0.1) is 0 Å². The van der Waals surface area contributed by atoms with Crippen molar-refractivity contribution >= 4 is 5.91 Å². The van der Waals surface area contributed by atoms with Crippen LogP contribution in [0.4, 0.5) is 0 Å². The van der Waals surface area contributed by atoms with Gasteiger partial charge in [0.15, 0.2) is 0 Å². The maximum absolute atomic E-state index is 11.4. The van der Waals surface area contributed by atoms with Crippen molar-refractivity contribution in [1.82, 2.24) is 5.32 Å². The third kappa shape index (κ3) is 5.47. The van der Waals surface area contributed by atoms with Gasteiger partial charge in [0.1, 0.15) is 0 Å². The topological polar surface area (TPSA) is 69.6 Å². The minimum atomic E-state index is -0.00662. The number of rotatable bonds is 7. The molecular formula is C13H19NO3. The number of benzene rings is 1. The van der Waals surface area contributed by atoms with Gasteiger partial charge < -0.3 is 15.5 Å². The Bertz CT molecular complexity index is 352. The highest BCUT2D eigenvalue weighted by Gasteiger charge is 2.01. The minimum absolute atomic E-state index is 0.00662. The molecule has 0 aliphatic carbocycles. The first-order valence-corrected chi connectivity index (χ1v) is 5.82. The second-order valence-electron chi connectivity index (χ2n) is 3.94. The molecule has 17 heavy (non-hydrogen) atoms. The van der Waals surface area contributed by atoms with Crippen molar-refractivity contribution in [3.05, 3.63) is 35.4 Å². The molecule has 1 aromatic carbocycles. The highest BCUT2D eigenvalue weighted by atomic mass is 16.3. The molecule has 1 rings (SSSR count). The number of amides is 1. The summed E-state index contributed by atoms with van der Waals surface area (Å²) < 4.78 is 0. The van der Waals surface area contributed by atoms with Crippen LogP contribution in [0.5, 0.6) is 0 Å². The lowest BCUT2D eigenvalue weighted by atomic mass is 10.1.